The van der Waals surface area contributed by atoms with E-state index >= 15 is 0 Å². The van der Waals surface area contributed by atoms with Gasteiger partial charge in [0.2, 0.25) is 0 Å². The summed E-state index contributed by atoms with van der Waals surface area (Å²) in [5.74, 6) is 2.39. The number of hydrogen-bond donors (Lipinski definition) is 2. The largest absolute Gasteiger partial charge is 0.462 e. The first-order chi connectivity index (χ1) is 13.9. The molecule has 2 aromatic heterocycles. The highest BCUT2D eigenvalue weighted by Crippen LogP contribution is 2.27. The highest BCUT2D eigenvalue weighted by atomic mass is 32.1. The van der Waals surface area contributed by atoms with E-state index in [0.717, 1.165) is 17.8 Å². The molecule has 0 saturated heterocycles. The molecule has 0 aliphatic rings. The minimum atomic E-state index is -0.704. The second kappa shape index (κ2) is 11.1. The van der Waals surface area contributed by atoms with E-state index in [9.17, 15) is 14.7 Å². The standard InChI is InChI=1S/C20H27N3O5S/c1-5-8-23(10-14(24)12-27-9-6-2)11-15-21-18(25)16-13(4)17(20(26)28-7-3)29-19(16)22-15/h2,14,24H,5,7-12H2,1,3-4H3,(H,21,22,25)/t14-/m0/s1. The van der Waals surface area contributed by atoms with Crippen LogP contribution in [0.5, 0.6) is 0 Å². The number of carbonyl (C=O) groups excluding carboxylic acids is 1. The number of fused-ring (bicyclic) bond motifs is 1. The lowest BCUT2D eigenvalue weighted by molar-refractivity contribution is 0.0256. The van der Waals surface area contributed by atoms with Crippen LogP contribution in [0.4, 0.5) is 0 Å². The average molecular weight is 422 g/mol. The third kappa shape index (κ3) is 6.11. The molecule has 0 radical (unpaired) electrons. The van der Waals surface area contributed by atoms with Gasteiger partial charge in [0.15, 0.2) is 0 Å². The number of carbonyl (C=O) groups is 1. The van der Waals surface area contributed by atoms with Gasteiger partial charge in [-0.1, -0.05) is 12.8 Å². The van der Waals surface area contributed by atoms with Gasteiger partial charge in [-0.15, -0.1) is 17.8 Å². The maximum atomic E-state index is 12.6. The van der Waals surface area contributed by atoms with E-state index in [1.165, 1.54) is 0 Å². The van der Waals surface area contributed by atoms with E-state index in [0.29, 0.717) is 46.1 Å². The second-order valence-corrected chi connectivity index (χ2v) is 7.58. The lowest BCUT2D eigenvalue weighted by atomic mass is 10.2. The Morgan fingerprint density at radius 3 is 2.86 bits per heavy atom. The van der Waals surface area contributed by atoms with Crippen molar-refractivity contribution in [2.75, 3.05) is 32.9 Å². The molecule has 9 heteroatoms. The first-order valence-electron chi connectivity index (χ1n) is 9.52. The lowest BCUT2D eigenvalue weighted by Crippen LogP contribution is -2.36. The Hall–Kier alpha value is -2.25. The zero-order valence-electron chi connectivity index (χ0n) is 17.0. The molecule has 0 spiro atoms. The predicted octanol–water partition coefficient (Wildman–Crippen LogP) is 1.69. The number of aryl methyl sites for hydroxylation is 1. The van der Waals surface area contributed by atoms with E-state index in [4.69, 9.17) is 15.9 Å². The van der Waals surface area contributed by atoms with Crippen LogP contribution in [-0.2, 0) is 16.0 Å². The molecule has 2 rings (SSSR count). The molecule has 0 saturated carbocycles. The molecule has 2 heterocycles. The van der Waals surface area contributed by atoms with Gasteiger partial charge in [0.1, 0.15) is 22.1 Å². The van der Waals surface area contributed by atoms with Gasteiger partial charge in [0, 0.05) is 6.54 Å². The number of H-pyrrole nitrogens is 1. The smallest absolute Gasteiger partial charge is 0.348 e. The summed E-state index contributed by atoms with van der Waals surface area (Å²) in [6.45, 7) is 7.47. The Kier molecular flexibility index (Phi) is 8.79. The van der Waals surface area contributed by atoms with Crippen LogP contribution in [0.1, 0.15) is 41.3 Å². The summed E-state index contributed by atoms with van der Waals surface area (Å²) in [5.41, 5.74) is 0.291. The van der Waals surface area contributed by atoms with Crippen molar-refractivity contribution in [3.8, 4) is 12.3 Å². The van der Waals surface area contributed by atoms with Crippen molar-refractivity contribution in [1.29, 1.82) is 0 Å². The van der Waals surface area contributed by atoms with Crippen molar-refractivity contribution in [1.82, 2.24) is 14.9 Å². The summed E-state index contributed by atoms with van der Waals surface area (Å²) in [7, 11) is 0. The van der Waals surface area contributed by atoms with Gasteiger partial charge in [-0.25, -0.2) is 9.78 Å². The van der Waals surface area contributed by atoms with Gasteiger partial charge in [-0.2, -0.15) is 0 Å². The number of aromatic amines is 1. The quantitative estimate of drug-likeness (QED) is 0.323. The van der Waals surface area contributed by atoms with Crippen LogP contribution in [0.3, 0.4) is 0 Å². The minimum absolute atomic E-state index is 0.139. The Bertz CT molecular complexity index is 931. The molecule has 0 bridgehead atoms. The van der Waals surface area contributed by atoms with Gasteiger partial charge in [0.05, 0.1) is 31.2 Å². The summed E-state index contributed by atoms with van der Waals surface area (Å²) in [4.78, 5) is 34.9. The van der Waals surface area contributed by atoms with E-state index in [1.54, 1.807) is 13.8 Å². The molecule has 1 atom stereocenters. The maximum Gasteiger partial charge on any atom is 0.348 e. The first-order valence-corrected chi connectivity index (χ1v) is 10.3. The molecule has 0 fully saturated rings. The molecule has 2 aromatic rings. The number of terminal acetylenes is 1. The van der Waals surface area contributed by atoms with Gasteiger partial charge >= 0.3 is 5.97 Å². The van der Waals surface area contributed by atoms with Crippen molar-refractivity contribution in [3.05, 3.63) is 26.6 Å². The van der Waals surface area contributed by atoms with E-state index < -0.39 is 12.1 Å². The van der Waals surface area contributed by atoms with E-state index in [-0.39, 0.29) is 25.4 Å². The number of nitrogens with one attached hydrogen (secondary N) is 1. The molecular weight excluding hydrogens is 394 g/mol. The zero-order valence-corrected chi connectivity index (χ0v) is 17.8. The van der Waals surface area contributed by atoms with E-state index in [2.05, 4.69) is 15.9 Å². The van der Waals surface area contributed by atoms with Crippen LogP contribution in [0, 0.1) is 19.3 Å². The minimum Gasteiger partial charge on any atom is -0.462 e. The van der Waals surface area contributed by atoms with Crippen LogP contribution < -0.4 is 5.56 Å². The molecule has 158 valence electrons. The van der Waals surface area contributed by atoms with Gasteiger partial charge in [-0.05, 0) is 32.4 Å². The lowest BCUT2D eigenvalue weighted by Gasteiger charge is -2.23. The number of hydrogen-bond acceptors (Lipinski definition) is 8. The molecule has 8 nitrogen and oxygen atoms in total. The van der Waals surface area contributed by atoms with Crippen LogP contribution in [0.2, 0.25) is 0 Å². The molecule has 0 aliphatic heterocycles. The highest BCUT2D eigenvalue weighted by molar-refractivity contribution is 7.20. The Labute approximate surface area is 173 Å². The number of rotatable bonds is 11. The van der Waals surface area contributed by atoms with Crippen LogP contribution in [0.25, 0.3) is 10.2 Å². The molecular formula is C20H27N3O5S. The number of aliphatic hydroxyl groups excluding tert-OH is 1. The van der Waals surface area contributed by atoms with Gasteiger partial charge in [-0.3, -0.25) is 9.69 Å². The summed E-state index contributed by atoms with van der Waals surface area (Å²) < 4.78 is 10.2. The fourth-order valence-electron chi connectivity index (χ4n) is 3.02. The molecule has 29 heavy (non-hydrogen) atoms. The van der Waals surface area contributed by atoms with Crippen molar-refractivity contribution >= 4 is 27.5 Å². The van der Waals surface area contributed by atoms with Gasteiger partial charge < -0.3 is 19.6 Å². The summed E-state index contributed by atoms with van der Waals surface area (Å²) in [6, 6.07) is 0. The number of esters is 1. The fraction of sp³-hybridized carbons (Fsp3) is 0.550. The van der Waals surface area contributed by atoms with Crippen LogP contribution in [0.15, 0.2) is 4.79 Å². The predicted molar refractivity (Wildman–Crippen MR) is 112 cm³/mol. The number of thiophene rings is 1. The Balaban J connectivity index is 2.22. The zero-order chi connectivity index (χ0) is 21.4. The number of aliphatic hydroxyl groups is 1. The van der Waals surface area contributed by atoms with E-state index in [1.807, 2.05) is 11.8 Å². The Morgan fingerprint density at radius 2 is 2.21 bits per heavy atom. The number of aromatic nitrogens is 2. The molecule has 0 aliphatic carbocycles. The van der Waals surface area contributed by atoms with Crippen LogP contribution in [-0.4, -0.2) is 65.0 Å². The van der Waals surface area contributed by atoms with Crippen molar-refractivity contribution in [2.45, 2.75) is 39.8 Å². The Morgan fingerprint density at radius 1 is 1.45 bits per heavy atom. The molecule has 0 unspecified atom stereocenters. The van der Waals surface area contributed by atoms with Crippen molar-refractivity contribution in [3.63, 3.8) is 0 Å². The average Bonchev–Trinajstić information content (AvgIpc) is 2.99. The third-order valence-electron chi connectivity index (χ3n) is 4.19. The molecule has 2 N–H and O–H groups in total. The summed E-state index contributed by atoms with van der Waals surface area (Å²) >= 11 is 1.16. The normalized spacial score (nSPS) is 12.3. The topological polar surface area (TPSA) is 105 Å². The van der Waals surface area contributed by atoms with Crippen LogP contribution >= 0.6 is 11.3 Å². The number of nitrogens with zero attached hydrogens (tertiary/aromatic N) is 2. The second-order valence-electron chi connectivity index (χ2n) is 6.58. The summed E-state index contributed by atoms with van der Waals surface area (Å²) in [6.07, 6.45) is 5.30. The monoisotopic (exact) mass is 421 g/mol. The maximum absolute atomic E-state index is 12.6. The first kappa shape index (κ1) is 23.0. The fourth-order valence-corrected chi connectivity index (χ4v) is 4.12. The molecule has 0 amide bonds. The van der Waals surface area contributed by atoms with Crippen molar-refractivity contribution < 1.29 is 19.4 Å². The highest BCUT2D eigenvalue weighted by Gasteiger charge is 2.21. The van der Waals surface area contributed by atoms with Crippen molar-refractivity contribution in [2.24, 2.45) is 0 Å². The molecule has 0 aromatic carbocycles. The summed E-state index contributed by atoms with van der Waals surface area (Å²) in [5, 5.41) is 10.6. The SMILES string of the molecule is C#CCOC[C@@H](O)CN(CCC)Cc1nc2sc(C(=O)OCC)c(C)c2c(=O)[nH]1. The number of ether oxygens (including phenoxy) is 2. The van der Waals surface area contributed by atoms with Gasteiger partial charge in [0.25, 0.3) is 5.56 Å². The third-order valence-corrected chi connectivity index (χ3v) is 5.35.